The van der Waals surface area contributed by atoms with Gasteiger partial charge in [0.05, 0.1) is 0 Å². The molecule has 0 aliphatic heterocycles. The zero-order valence-corrected chi connectivity index (χ0v) is 8.37. The Morgan fingerprint density at radius 1 is 1.29 bits per heavy atom. The molecule has 0 saturated heterocycles. The first-order chi connectivity index (χ1) is 6.86. The third-order valence-electron chi connectivity index (χ3n) is 1.91. The summed E-state index contributed by atoms with van der Waals surface area (Å²) in [7, 11) is 0. The number of rotatable bonds is 2. The van der Waals surface area contributed by atoms with Crippen molar-refractivity contribution < 1.29 is 5.11 Å². The Bertz CT molecular complexity index is 405. The summed E-state index contributed by atoms with van der Waals surface area (Å²) in [5.74, 6) is 0.309. The highest BCUT2D eigenvalue weighted by atomic mass is 32.1. The summed E-state index contributed by atoms with van der Waals surface area (Å²) in [6.45, 7) is 0. The maximum Gasteiger partial charge on any atom is 0.122 e. The van der Waals surface area contributed by atoms with Crippen LogP contribution in [0.5, 0.6) is 0 Å². The first kappa shape index (κ1) is 9.03. The van der Waals surface area contributed by atoms with Crippen molar-refractivity contribution in [3.05, 3.63) is 64.1 Å². The molecule has 0 aromatic carbocycles. The van der Waals surface area contributed by atoms with Gasteiger partial charge in [0.25, 0.3) is 0 Å². The van der Waals surface area contributed by atoms with Gasteiger partial charge >= 0.3 is 0 Å². The molecule has 0 atom stereocenters. The number of aliphatic hydroxyl groups is 1. The lowest BCUT2D eigenvalue weighted by molar-refractivity contribution is 0.430. The average molecular weight is 202 g/mol. The second kappa shape index (κ2) is 4.11. The highest BCUT2D eigenvalue weighted by Gasteiger charge is 1.97. The van der Waals surface area contributed by atoms with Gasteiger partial charge in [-0.1, -0.05) is 30.4 Å². The van der Waals surface area contributed by atoms with Crippen LogP contribution in [0, 0.1) is 0 Å². The average Bonchev–Trinajstić information content (AvgIpc) is 2.87. The topological polar surface area (TPSA) is 20.2 Å². The van der Waals surface area contributed by atoms with Crippen molar-refractivity contribution in [1.29, 1.82) is 0 Å². The largest absolute Gasteiger partial charge is 0.507 e. The molecule has 1 aliphatic rings. The van der Waals surface area contributed by atoms with E-state index in [1.54, 1.807) is 17.4 Å². The molecule has 0 spiro atoms. The standard InChI is InChI=1S/C12H10OS/c13-12(10-4-1-2-5-10)8-7-11-6-3-9-14-11/h1-9,13H/b8-7+. The summed E-state index contributed by atoms with van der Waals surface area (Å²) >= 11 is 1.65. The van der Waals surface area contributed by atoms with Gasteiger partial charge in [-0.25, -0.2) is 0 Å². The van der Waals surface area contributed by atoms with Crippen LogP contribution in [-0.2, 0) is 0 Å². The number of hydrogen-bond donors (Lipinski definition) is 1. The van der Waals surface area contributed by atoms with Crippen molar-refractivity contribution in [2.24, 2.45) is 0 Å². The SMILES string of the molecule is OC(/C=C/c1cccs1)=C1C=CC=C1. The molecule has 14 heavy (non-hydrogen) atoms. The van der Waals surface area contributed by atoms with Gasteiger partial charge in [0.1, 0.15) is 5.76 Å². The molecule has 1 nitrogen and oxygen atoms in total. The monoisotopic (exact) mass is 202 g/mol. The molecule has 70 valence electrons. The lowest BCUT2D eigenvalue weighted by Crippen LogP contribution is -1.78. The van der Waals surface area contributed by atoms with Crippen LogP contribution in [0.25, 0.3) is 6.08 Å². The lowest BCUT2D eigenvalue weighted by atomic mass is 10.2. The molecular weight excluding hydrogens is 192 g/mol. The predicted molar refractivity (Wildman–Crippen MR) is 61.3 cm³/mol. The molecule has 1 aromatic rings. The van der Waals surface area contributed by atoms with E-state index < -0.39 is 0 Å². The minimum absolute atomic E-state index is 0.309. The van der Waals surface area contributed by atoms with Crippen molar-refractivity contribution in [3.63, 3.8) is 0 Å². The minimum atomic E-state index is 0.309. The smallest absolute Gasteiger partial charge is 0.122 e. The van der Waals surface area contributed by atoms with Crippen LogP contribution in [-0.4, -0.2) is 5.11 Å². The van der Waals surface area contributed by atoms with E-state index in [4.69, 9.17) is 0 Å². The van der Waals surface area contributed by atoms with Crippen molar-refractivity contribution in [3.8, 4) is 0 Å². The molecule has 2 heteroatoms. The second-order valence-electron chi connectivity index (χ2n) is 2.91. The Balaban J connectivity index is 2.15. The van der Waals surface area contributed by atoms with Gasteiger partial charge in [-0.05, 0) is 23.6 Å². The van der Waals surface area contributed by atoms with Crippen LogP contribution in [0.1, 0.15) is 4.88 Å². The first-order valence-corrected chi connectivity index (χ1v) is 5.24. The molecule has 1 aromatic heterocycles. The summed E-state index contributed by atoms with van der Waals surface area (Å²) in [6, 6.07) is 4.00. The van der Waals surface area contributed by atoms with E-state index in [9.17, 15) is 5.11 Å². The molecule has 0 fully saturated rings. The minimum Gasteiger partial charge on any atom is -0.507 e. The highest BCUT2D eigenvalue weighted by molar-refractivity contribution is 7.10. The fourth-order valence-electron chi connectivity index (χ4n) is 1.19. The Morgan fingerprint density at radius 2 is 2.07 bits per heavy atom. The molecule has 1 N–H and O–H groups in total. The third-order valence-corrected chi connectivity index (χ3v) is 2.74. The van der Waals surface area contributed by atoms with Crippen molar-refractivity contribution >= 4 is 17.4 Å². The molecule has 0 unspecified atom stereocenters. The van der Waals surface area contributed by atoms with Gasteiger partial charge in [-0.2, -0.15) is 0 Å². The number of aliphatic hydroxyl groups excluding tert-OH is 1. The van der Waals surface area contributed by atoms with E-state index in [2.05, 4.69) is 0 Å². The molecule has 2 rings (SSSR count). The Labute approximate surface area is 87.0 Å². The van der Waals surface area contributed by atoms with Crippen LogP contribution < -0.4 is 0 Å². The van der Waals surface area contributed by atoms with Gasteiger partial charge < -0.3 is 5.11 Å². The highest BCUT2D eigenvalue weighted by Crippen LogP contribution is 2.15. The Morgan fingerprint density at radius 3 is 2.71 bits per heavy atom. The Hall–Kier alpha value is -1.54. The summed E-state index contributed by atoms with van der Waals surface area (Å²) in [6.07, 6.45) is 11.2. The van der Waals surface area contributed by atoms with Crippen molar-refractivity contribution in [2.45, 2.75) is 0 Å². The molecule has 0 saturated carbocycles. The van der Waals surface area contributed by atoms with Crippen LogP contribution in [0.2, 0.25) is 0 Å². The van der Waals surface area contributed by atoms with Gasteiger partial charge in [0.2, 0.25) is 0 Å². The van der Waals surface area contributed by atoms with E-state index in [-0.39, 0.29) is 0 Å². The van der Waals surface area contributed by atoms with Crippen LogP contribution in [0.3, 0.4) is 0 Å². The lowest BCUT2D eigenvalue weighted by Gasteiger charge is -1.93. The zero-order chi connectivity index (χ0) is 9.80. The molecular formula is C12H10OS. The Kier molecular flexibility index (Phi) is 2.65. The summed E-state index contributed by atoms with van der Waals surface area (Å²) in [4.78, 5) is 1.14. The quantitative estimate of drug-likeness (QED) is 0.725. The molecule has 0 amide bonds. The first-order valence-electron chi connectivity index (χ1n) is 4.36. The summed E-state index contributed by atoms with van der Waals surface area (Å²) < 4.78 is 0. The zero-order valence-electron chi connectivity index (χ0n) is 7.55. The number of allylic oxidation sites excluding steroid dienone is 6. The van der Waals surface area contributed by atoms with E-state index in [1.165, 1.54) is 0 Å². The molecule has 1 heterocycles. The molecule has 0 radical (unpaired) electrons. The van der Waals surface area contributed by atoms with E-state index in [0.717, 1.165) is 10.5 Å². The second-order valence-corrected chi connectivity index (χ2v) is 3.89. The normalized spacial score (nSPS) is 14.4. The summed E-state index contributed by atoms with van der Waals surface area (Å²) in [5.41, 5.74) is 0.859. The van der Waals surface area contributed by atoms with Crippen LogP contribution in [0.15, 0.2) is 59.2 Å². The van der Waals surface area contributed by atoms with Crippen LogP contribution >= 0.6 is 11.3 Å². The number of hydrogen-bond acceptors (Lipinski definition) is 2. The number of thiophene rings is 1. The fourth-order valence-corrected chi connectivity index (χ4v) is 1.81. The van der Waals surface area contributed by atoms with Crippen LogP contribution in [0.4, 0.5) is 0 Å². The van der Waals surface area contributed by atoms with Gasteiger partial charge in [-0.15, -0.1) is 11.3 Å². The predicted octanol–water partition coefficient (Wildman–Crippen LogP) is 3.70. The van der Waals surface area contributed by atoms with Crippen molar-refractivity contribution in [1.82, 2.24) is 0 Å². The van der Waals surface area contributed by atoms with Gasteiger partial charge in [0.15, 0.2) is 0 Å². The van der Waals surface area contributed by atoms with Crippen molar-refractivity contribution in [2.75, 3.05) is 0 Å². The van der Waals surface area contributed by atoms with Gasteiger partial charge in [-0.3, -0.25) is 0 Å². The van der Waals surface area contributed by atoms with E-state index >= 15 is 0 Å². The molecule has 0 bridgehead atoms. The van der Waals surface area contributed by atoms with Gasteiger partial charge in [0, 0.05) is 10.5 Å². The maximum absolute atomic E-state index is 9.64. The molecule has 1 aliphatic carbocycles. The van der Waals surface area contributed by atoms with E-state index in [0.29, 0.717) is 5.76 Å². The fraction of sp³-hybridized carbons (Fsp3) is 0. The maximum atomic E-state index is 9.64. The van der Waals surface area contributed by atoms with E-state index in [1.807, 2.05) is 47.9 Å². The summed E-state index contributed by atoms with van der Waals surface area (Å²) in [5, 5.41) is 11.7. The third kappa shape index (κ3) is 2.03.